The van der Waals surface area contributed by atoms with Crippen LogP contribution in [0.4, 0.5) is 4.39 Å². The van der Waals surface area contributed by atoms with Crippen LogP contribution in [0.15, 0.2) is 18.2 Å². The summed E-state index contributed by atoms with van der Waals surface area (Å²) in [6.07, 6.45) is 1.88. The van der Waals surface area contributed by atoms with Gasteiger partial charge in [-0.3, -0.25) is 4.79 Å². The first-order valence-corrected chi connectivity index (χ1v) is 7.29. The first-order valence-electron chi connectivity index (χ1n) is 7.29. The minimum absolute atomic E-state index is 0.0210. The van der Waals surface area contributed by atoms with Gasteiger partial charge in [-0.2, -0.15) is 0 Å². The molecule has 0 saturated carbocycles. The van der Waals surface area contributed by atoms with E-state index in [4.69, 9.17) is 9.47 Å². The largest absolute Gasteiger partial charge is 0.497 e. The third-order valence-corrected chi connectivity index (χ3v) is 3.82. The van der Waals surface area contributed by atoms with E-state index in [9.17, 15) is 9.18 Å². The Labute approximate surface area is 124 Å². The molecule has 1 aromatic carbocycles. The van der Waals surface area contributed by atoms with Crippen molar-refractivity contribution in [1.82, 2.24) is 5.32 Å². The average molecular weight is 295 g/mol. The number of hydrogen-bond donors (Lipinski definition) is 1. The molecule has 1 N–H and O–H groups in total. The SMILES string of the molecule is CC[C@@H]1C[C@H](NC(C)=O)C[C@H](c2ccc(OC)cc2F)O1. The highest BCUT2D eigenvalue weighted by atomic mass is 19.1. The second kappa shape index (κ2) is 6.89. The lowest BCUT2D eigenvalue weighted by Gasteiger charge is -2.35. The summed E-state index contributed by atoms with van der Waals surface area (Å²) in [6.45, 7) is 3.53. The van der Waals surface area contributed by atoms with Gasteiger partial charge in [-0.15, -0.1) is 0 Å². The molecular weight excluding hydrogens is 273 g/mol. The lowest BCUT2D eigenvalue weighted by Crippen LogP contribution is -2.42. The Kier molecular flexibility index (Phi) is 5.17. The van der Waals surface area contributed by atoms with Crippen LogP contribution in [0.3, 0.4) is 0 Å². The zero-order valence-corrected chi connectivity index (χ0v) is 12.7. The average Bonchev–Trinajstić information content (AvgIpc) is 2.45. The minimum atomic E-state index is -0.341. The van der Waals surface area contributed by atoms with Gasteiger partial charge in [0.05, 0.1) is 19.3 Å². The Balaban J connectivity index is 2.18. The summed E-state index contributed by atoms with van der Waals surface area (Å²) in [4.78, 5) is 11.3. The van der Waals surface area contributed by atoms with Crippen molar-refractivity contribution in [2.24, 2.45) is 0 Å². The molecule has 0 aliphatic carbocycles. The second-order valence-electron chi connectivity index (χ2n) is 5.41. The molecule has 1 heterocycles. The second-order valence-corrected chi connectivity index (χ2v) is 5.41. The first kappa shape index (κ1) is 15.8. The van der Waals surface area contributed by atoms with Gasteiger partial charge in [-0.25, -0.2) is 4.39 Å². The molecule has 21 heavy (non-hydrogen) atoms. The summed E-state index contributed by atoms with van der Waals surface area (Å²) < 4.78 is 25.2. The number of hydrogen-bond acceptors (Lipinski definition) is 3. The summed E-state index contributed by atoms with van der Waals surface area (Å²) in [5, 5.41) is 2.92. The van der Waals surface area contributed by atoms with Crippen LogP contribution in [-0.4, -0.2) is 25.2 Å². The van der Waals surface area contributed by atoms with Crippen LogP contribution in [0.1, 0.15) is 44.8 Å². The van der Waals surface area contributed by atoms with E-state index in [0.717, 1.165) is 12.8 Å². The number of amides is 1. The van der Waals surface area contributed by atoms with Crippen molar-refractivity contribution in [2.75, 3.05) is 7.11 Å². The molecule has 1 aliphatic rings. The van der Waals surface area contributed by atoms with Gasteiger partial charge in [0.1, 0.15) is 11.6 Å². The summed E-state index contributed by atoms with van der Waals surface area (Å²) in [5.74, 6) is 0.0842. The van der Waals surface area contributed by atoms with E-state index in [0.29, 0.717) is 17.7 Å². The molecule has 4 nitrogen and oxygen atoms in total. The van der Waals surface area contributed by atoms with Gasteiger partial charge in [0.15, 0.2) is 0 Å². The van der Waals surface area contributed by atoms with Crippen LogP contribution in [0, 0.1) is 5.82 Å². The van der Waals surface area contributed by atoms with Crippen molar-refractivity contribution in [3.63, 3.8) is 0 Å². The normalized spacial score (nSPS) is 25.4. The number of methoxy groups -OCH3 is 1. The monoisotopic (exact) mass is 295 g/mol. The van der Waals surface area contributed by atoms with E-state index in [1.54, 1.807) is 12.1 Å². The Morgan fingerprint density at radius 2 is 2.24 bits per heavy atom. The molecule has 2 rings (SSSR count). The smallest absolute Gasteiger partial charge is 0.217 e. The highest BCUT2D eigenvalue weighted by molar-refractivity contribution is 5.73. The molecule has 1 fully saturated rings. The number of carbonyl (C=O) groups excluding carboxylic acids is 1. The number of rotatable bonds is 4. The fraction of sp³-hybridized carbons (Fsp3) is 0.562. The maximum atomic E-state index is 14.2. The zero-order valence-electron chi connectivity index (χ0n) is 12.7. The number of carbonyl (C=O) groups is 1. The van der Waals surface area contributed by atoms with Gasteiger partial charge in [-0.05, 0) is 31.4 Å². The third-order valence-electron chi connectivity index (χ3n) is 3.82. The fourth-order valence-electron chi connectivity index (χ4n) is 2.78. The molecule has 0 spiro atoms. The van der Waals surface area contributed by atoms with Gasteiger partial charge < -0.3 is 14.8 Å². The van der Waals surface area contributed by atoms with Crippen LogP contribution >= 0.6 is 0 Å². The molecule has 1 aliphatic heterocycles. The Morgan fingerprint density at radius 3 is 2.81 bits per heavy atom. The van der Waals surface area contributed by atoms with Crippen molar-refractivity contribution >= 4 is 5.91 Å². The first-order chi connectivity index (χ1) is 10.0. The lowest BCUT2D eigenvalue weighted by molar-refractivity contribution is -0.122. The number of ether oxygens (including phenoxy) is 2. The van der Waals surface area contributed by atoms with Crippen molar-refractivity contribution in [1.29, 1.82) is 0 Å². The summed E-state index contributed by atoms with van der Waals surface area (Å²) in [5.41, 5.74) is 0.518. The molecule has 1 amide bonds. The highest BCUT2D eigenvalue weighted by Gasteiger charge is 2.31. The molecule has 0 unspecified atom stereocenters. The Morgan fingerprint density at radius 1 is 1.48 bits per heavy atom. The molecule has 0 aromatic heterocycles. The van der Waals surface area contributed by atoms with E-state index in [-0.39, 0.29) is 30.0 Å². The van der Waals surface area contributed by atoms with Crippen LogP contribution in [0.25, 0.3) is 0 Å². The van der Waals surface area contributed by atoms with Crippen molar-refractivity contribution < 1.29 is 18.7 Å². The molecule has 116 valence electrons. The zero-order chi connectivity index (χ0) is 15.4. The van der Waals surface area contributed by atoms with Crippen molar-refractivity contribution in [2.45, 2.75) is 51.4 Å². The maximum Gasteiger partial charge on any atom is 0.217 e. The van der Waals surface area contributed by atoms with E-state index >= 15 is 0 Å². The third kappa shape index (κ3) is 3.94. The Hall–Kier alpha value is -1.62. The van der Waals surface area contributed by atoms with Gasteiger partial charge >= 0.3 is 0 Å². The number of halogens is 1. The van der Waals surface area contributed by atoms with Gasteiger partial charge in [0.25, 0.3) is 0 Å². The molecule has 0 radical (unpaired) electrons. The van der Waals surface area contributed by atoms with Crippen molar-refractivity contribution in [3.05, 3.63) is 29.6 Å². The van der Waals surface area contributed by atoms with Gasteiger partial charge in [0.2, 0.25) is 5.91 Å². The molecule has 1 saturated heterocycles. The molecule has 1 aromatic rings. The number of benzene rings is 1. The van der Waals surface area contributed by atoms with Crippen molar-refractivity contribution in [3.8, 4) is 5.75 Å². The number of nitrogens with one attached hydrogen (secondary N) is 1. The molecule has 5 heteroatoms. The summed E-state index contributed by atoms with van der Waals surface area (Å²) in [6, 6.07) is 4.81. The molecule has 0 bridgehead atoms. The minimum Gasteiger partial charge on any atom is -0.497 e. The van der Waals surface area contributed by atoms with E-state index < -0.39 is 0 Å². The predicted octanol–water partition coefficient (Wildman–Crippen LogP) is 2.97. The molecular formula is C16H22FNO3. The van der Waals surface area contributed by atoms with Crippen LogP contribution in [-0.2, 0) is 9.53 Å². The molecule has 3 atom stereocenters. The fourth-order valence-corrected chi connectivity index (χ4v) is 2.78. The van der Waals surface area contributed by atoms with E-state index in [1.165, 1.54) is 20.1 Å². The predicted molar refractivity (Wildman–Crippen MR) is 77.7 cm³/mol. The topological polar surface area (TPSA) is 47.6 Å². The maximum absolute atomic E-state index is 14.2. The summed E-state index contributed by atoms with van der Waals surface area (Å²) >= 11 is 0. The van der Waals surface area contributed by atoms with Gasteiger partial charge in [0, 0.05) is 24.6 Å². The standard InChI is InChI=1S/C16H22FNO3/c1-4-12-7-11(18-10(2)19)8-16(21-12)14-6-5-13(20-3)9-15(14)17/h5-6,9,11-12,16H,4,7-8H2,1-3H3,(H,18,19)/t11-,12+,16+/m0/s1. The van der Waals surface area contributed by atoms with Crippen LogP contribution in [0.5, 0.6) is 5.75 Å². The lowest BCUT2D eigenvalue weighted by atomic mass is 9.93. The summed E-state index contributed by atoms with van der Waals surface area (Å²) in [7, 11) is 1.51. The Bertz CT molecular complexity index is 506. The highest BCUT2D eigenvalue weighted by Crippen LogP contribution is 2.34. The van der Waals surface area contributed by atoms with Gasteiger partial charge in [-0.1, -0.05) is 6.92 Å². The quantitative estimate of drug-likeness (QED) is 0.929. The van der Waals surface area contributed by atoms with Crippen LogP contribution in [0.2, 0.25) is 0 Å². The van der Waals surface area contributed by atoms with Crippen LogP contribution < -0.4 is 10.1 Å². The van der Waals surface area contributed by atoms with E-state index in [2.05, 4.69) is 5.32 Å². The van der Waals surface area contributed by atoms with E-state index in [1.807, 2.05) is 6.92 Å².